The Morgan fingerprint density at radius 2 is 1.24 bits per heavy atom. The molecule has 0 N–H and O–H groups in total. The average molecular weight is 342 g/mol. The summed E-state index contributed by atoms with van der Waals surface area (Å²) in [6.45, 7) is 7.55. The molecule has 0 saturated heterocycles. The lowest BCUT2D eigenvalue weighted by Gasteiger charge is -2.16. The molecule has 4 heteroatoms. The standard InChI is InChI=1S/C21H26O4/c1-5-23-19-14-17(15-20(24-6-2)21(19)25-7-3)9-8-16-10-12-18(22-4)13-11-16/h8-15H,5-7H2,1-4H3/b9-8+. The minimum atomic E-state index is 0.557. The molecule has 0 aromatic heterocycles. The molecule has 2 aromatic carbocycles. The fourth-order valence-electron chi connectivity index (χ4n) is 2.41. The Morgan fingerprint density at radius 3 is 1.72 bits per heavy atom. The highest BCUT2D eigenvalue weighted by molar-refractivity contribution is 5.73. The van der Waals surface area contributed by atoms with E-state index in [0.29, 0.717) is 37.1 Å². The van der Waals surface area contributed by atoms with Gasteiger partial charge < -0.3 is 18.9 Å². The van der Waals surface area contributed by atoms with Crippen LogP contribution in [0, 0.1) is 0 Å². The summed E-state index contributed by atoms with van der Waals surface area (Å²) >= 11 is 0. The predicted octanol–water partition coefficient (Wildman–Crippen LogP) is 5.06. The van der Waals surface area contributed by atoms with Crippen LogP contribution in [-0.4, -0.2) is 26.9 Å². The normalized spacial score (nSPS) is 10.7. The Balaban J connectivity index is 2.33. The van der Waals surface area contributed by atoms with E-state index in [0.717, 1.165) is 16.9 Å². The molecule has 4 nitrogen and oxygen atoms in total. The van der Waals surface area contributed by atoms with Gasteiger partial charge in [-0.15, -0.1) is 0 Å². The second-order valence-electron chi connectivity index (χ2n) is 5.25. The van der Waals surface area contributed by atoms with E-state index in [-0.39, 0.29) is 0 Å². The van der Waals surface area contributed by atoms with Crippen molar-refractivity contribution in [3.63, 3.8) is 0 Å². The first-order chi connectivity index (χ1) is 12.2. The van der Waals surface area contributed by atoms with Gasteiger partial charge in [0.2, 0.25) is 5.75 Å². The van der Waals surface area contributed by atoms with Crippen molar-refractivity contribution in [1.82, 2.24) is 0 Å². The van der Waals surface area contributed by atoms with Crippen molar-refractivity contribution in [2.75, 3.05) is 26.9 Å². The molecule has 2 rings (SSSR count). The Kier molecular flexibility index (Phi) is 7.20. The van der Waals surface area contributed by atoms with Gasteiger partial charge in [-0.1, -0.05) is 24.3 Å². The lowest BCUT2D eigenvalue weighted by Crippen LogP contribution is -2.02. The van der Waals surface area contributed by atoms with E-state index in [1.165, 1.54) is 0 Å². The Hall–Kier alpha value is -2.62. The summed E-state index contributed by atoms with van der Waals surface area (Å²) in [5, 5.41) is 0. The molecule has 0 aliphatic rings. The highest BCUT2D eigenvalue weighted by Crippen LogP contribution is 2.39. The number of ether oxygens (including phenoxy) is 4. The van der Waals surface area contributed by atoms with Crippen LogP contribution in [0.15, 0.2) is 36.4 Å². The van der Waals surface area contributed by atoms with Crippen LogP contribution in [0.25, 0.3) is 12.2 Å². The van der Waals surface area contributed by atoms with Gasteiger partial charge in [-0.3, -0.25) is 0 Å². The van der Waals surface area contributed by atoms with E-state index in [2.05, 4.69) is 0 Å². The molecule has 0 unspecified atom stereocenters. The van der Waals surface area contributed by atoms with Crippen molar-refractivity contribution in [3.8, 4) is 23.0 Å². The van der Waals surface area contributed by atoms with Crippen LogP contribution < -0.4 is 18.9 Å². The summed E-state index contributed by atoms with van der Waals surface area (Å²) in [7, 11) is 1.66. The van der Waals surface area contributed by atoms with Gasteiger partial charge in [-0.25, -0.2) is 0 Å². The largest absolute Gasteiger partial charge is 0.497 e. The first-order valence-corrected chi connectivity index (χ1v) is 8.60. The molecule has 25 heavy (non-hydrogen) atoms. The van der Waals surface area contributed by atoms with Crippen LogP contribution in [0.3, 0.4) is 0 Å². The Bertz CT molecular complexity index is 663. The van der Waals surface area contributed by atoms with E-state index in [1.54, 1.807) is 7.11 Å². The topological polar surface area (TPSA) is 36.9 Å². The molecule has 0 radical (unpaired) electrons. The van der Waals surface area contributed by atoms with Gasteiger partial charge in [0.1, 0.15) is 5.75 Å². The number of hydrogen-bond acceptors (Lipinski definition) is 4. The van der Waals surface area contributed by atoms with Crippen LogP contribution in [0.5, 0.6) is 23.0 Å². The minimum Gasteiger partial charge on any atom is -0.497 e. The zero-order valence-corrected chi connectivity index (χ0v) is 15.4. The van der Waals surface area contributed by atoms with Crippen molar-refractivity contribution in [2.24, 2.45) is 0 Å². The number of hydrogen-bond donors (Lipinski definition) is 0. The summed E-state index contributed by atoms with van der Waals surface area (Å²) in [6, 6.07) is 11.8. The maximum absolute atomic E-state index is 5.74. The third-order valence-corrected chi connectivity index (χ3v) is 3.52. The van der Waals surface area contributed by atoms with Crippen LogP contribution in [0.1, 0.15) is 31.9 Å². The van der Waals surface area contributed by atoms with Crippen molar-refractivity contribution in [2.45, 2.75) is 20.8 Å². The van der Waals surface area contributed by atoms with Gasteiger partial charge in [0.25, 0.3) is 0 Å². The Morgan fingerprint density at radius 1 is 0.720 bits per heavy atom. The highest BCUT2D eigenvalue weighted by atomic mass is 16.5. The number of benzene rings is 2. The van der Waals surface area contributed by atoms with Crippen molar-refractivity contribution in [1.29, 1.82) is 0 Å². The maximum Gasteiger partial charge on any atom is 0.203 e. The van der Waals surface area contributed by atoms with Gasteiger partial charge in [0.15, 0.2) is 11.5 Å². The molecule has 0 amide bonds. The summed E-state index contributed by atoms with van der Waals surface area (Å²) in [5.74, 6) is 2.90. The average Bonchev–Trinajstić information content (AvgIpc) is 2.63. The molecule has 2 aromatic rings. The van der Waals surface area contributed by atoms with Crippen LogP contribution in [0.2, 0.25) is 0 Å². The first kappa shape index (κ1) is 18.7. The quantitative estimate of drug-likeness (QED) is 0.597. The zero-order chi connectivity index (χ0) is 18.1. The van der Waals surface area contributed by atoms with Gasteiger partial charge >= 0.3 is 0 Å². The van der Waals surface area contributed by atoms with Gasteiger partial charge in [0.05, 0.1) is 26.9 Å². The third-order valence-electron chi connectivity index (χ3n) is 3.52. The highest BCUT2D eigenvalue weighted by Gasteiger charge is 2.14. The summed E-state index contributed by atoms with van der Waals surface area (Å²) in [6.07, 6.45) is 4.07. The van der Waals surface area contributed by atoms with Gasteiger partial charge in [-0.2, -0.15) is 0 Å². The molecule has 0 saturated carbocycles. The lowest BCUT2D eigenvalue weighted by atomic mass is 10.1. The minimum absolute atomic E-state index is 0.557. The molecule has 0 aliphatic heterocycles. The van der Waals surface area contributed by atoms with E-state index in [9.17, 15) is 0 Å². The van der Waals surface area contributed by atoms with E-state index < -0.39 is 0 Å². The predicted molar refractivity (Wildman–Crippen MR) is 102 cm³/mol. The fraction of sp³-hybridized carbons (Fsp3) is 0.333. The van der Waals surface area contributed by atoms with Gasteiger partial charge in [0, 0.05) is 0 Å². The molecule has 0 fully saturated rings. The molecular weight excluding hydrogens is 316 g/mol. The summed E-state index contributed by atoms with van der Waals surface area (Å²) < 4.78 is 22.4. The molecular formula is C21H26O4. The van der Waals surface area contributed by atoms with E-state index >= 15 is 0 Å². The fourth-order valence-corrected chi connectivity index (χ4v) is 2.41. The van der Waals surface area contributed by atoms with Crippen LogP contribution in [-0.2, 0) is 0 Å². The molecule has 0 atom stereocenters. The summed E-state index contributed by atoms with van der Waals surface area (Å²) in [4.78, 5) is 0. The van der Waals surface area contributed by atoms with Crippen LogP contribution >= 0.6 is 0 Å². The van der Waals surface area contributed by atoms with Gasteiger partial charge in [-0.05, 0) is 56.2 Å². The molecule has 0 spiro atoms. The zero-order valence-electron chi connectivity index (χ0n) is 15.4. The van der Waals surface area contributed by atoms with E-state index in [1.807, 2.05) is 69.3 Å². The van der Waals surface area contributed by atoms with Crippen molar-refractivity contribution in [3.05, 3.63) is 47.5 Å². The monoisotopic (exact) mass is 342 g/mol. The molecule has 0 heterocycles. The van der Waals surface area contributed by atoms with E-state index in [4.69, 9.17) is 18.9 Å². The smallest absolute Gasteiger partial charge is 0.203 e. The molecule has 0 bridgehead atoms. The number of methoxy groups -OCH3 is 1. The molecule has 0 aliphatic carbocycles. The van der Waals surface area contributed by atoms with Crippen molar-refractivity contribution >= 4 is 12.2 Å². The lowest BCUT2D eigenvalue weighted by molar-refractivity contribution is 0.260. The summed E-state index contributed by atoms with van der Waals surface area (Å²) in [5.41, 5.74) is 2.08. The third kappa shape index (κ3) is 5.18. The maximum atomic E-state index is 5.74. The second kappa shape index (κ2) is 9.62. The first-order valence-electron chi connectivity index (χ1n) is 8.60. The molecule has 134 valence electrons. The van der Waals surface area contributed by atoms with Crippen molar-refractivity contribution < 1.29 is 18.9 Å². The Labute approximate surface area is 150 Å². The number of rotatable bonds is 9. The SMILES string of the molecule is CCOc1cc(/C=C/c2ccc(OC)cc2)cc(OCC)c1OCC. The van der Waals surface area contributed by atoms with Crippen LogP contribution in [0.4, 0.5) is 0 Å². The second-order valence-corrected chi connectivity index (χ2v) is 5.25.